The molecule has 2 aliphatic rings. The SMILES string of the molecule is CCOC(=O)C1=C2CCCN2CN(C(C)C)C1. The van der Waals surface area contributed by atoms with Gasteiger partial charge in [0.1, 0.15) is 0 Å². The highest BCUT2D eigenvalue weighted by molar-refractivity contribution is 5.90. The minimum absolute atomic E-state index is 0.125. The van der Waals surface area contributed by atoms with Gasteiger partial charge in [-0.25, -0.2) is 4.79 Å². The minimum Gasteiger partial charge on any atom is -0.463 e. The maximum absolute atomic E-state index is 12.0. The zero-order valence-electron chi connectivity index (χ0n) is 11.0. The average Bonchev–Trinajstić information content (AvgIpc) is 2.75. The second kappa shape index (κ2) is 5.08. The van der Waals surface area contributed by atoms with Crippen molar-refractivity contribution < 1.29 is 9.53 Å². The molecule has 0 spiro atoms. The maximum atomic E-state index is 12.0. The van der Waals surface area contributed by atoms with Crippen molar-refractivity contribution >= 4 is 5.97 Å². The number of hydrogen-bond acceptors (Lipinski definition) is 4. The van der Waals surface area contributed by atoms with E-state index in [0.717, 1.165) is 38.2 Å². The molecule has 0 unspecified atom stereocenters. The predicted molar refractivity (Wildman–Crippen MR) is 66.3 cm³/mol. The molecule has 1 fully saturated rings. The van der Waals surface area contributed by atoms with Crippen molar-refractivity contribution in [1.82, 2.24) is 9.80 Å². The summed E-state index contributed by atoms with van der Waals surface area (Å²) in [5.74, 6) is -0.125. The van der Waals surface area contributed by atoms with Gasteiger partial charge >= 0.3 is 5.97 Å². The second-order valence-corrected chi connectivity index (χ2v) is 4.99. The van der Waals surface area contributed by atoms with Crippen molar-refractivity contribution in [3.05, 3.63) is 11.3 Å². The van der Waals surface area contributed by atoms with E-state index < -0.39 is 0 Å². The molecule has 4 heteroatoms. The summed E-state index contributed by atoms with van der Waals surface area (Å²) in [4.78, 5) is 16.6. The van der Waals surface area contributed by atoms with Crippen molar-refractivity contribution in [3.8, 4) is 0 Å². The van der Waals surface area contributed by atoms with Crippen LogP contribution in [0.25, 0.3) is 0 Å². The third-order valence-electron chi connectivity index (χ3n) is 3.54. The highest BCUT2D eigenvalue weighted by atomic mass is 16.5. The smallest absolute Gasteiger partial charge is 0.337 e. The quantitative estimate of drug-likeness (QED) is 0.699. The Balaban J connectivity index is 2.21. The summed E-state index contributed by atoms with van der Waals surface area (Å²) in [6.07, 6.45) is 2.18. The van der Waals surface area contributed by atoms with Crippen molar-refractivity contribution in [1.29, 1.82) is 0 Å². The summed E-state index contributed by atoms with van der Waals surface area (Å²) >= 11 is 0. The van der Waals surface area contributed by atoms with Gasteiger partial charge in [0, 0.05) is 24.8 Å². The highest BCUT2D eigenvalue weighted by Crippen LogP contribution is 2.30. The molecular formula is C13H22N2O2. The van der Waals surface area contributed by atoms with E-state index >= 15 is 0 Å². The van der Waals surface area contributed by atoms with E-state index in [4.69, 9.17) is 4.74 Å². The van der Waals surface area contributed by atoms with E-state index in [1.165, 1.54) is 5.70 Å². The first kappa shape index (κ1) is 12.4. The van der Waals surface area contributed by atoms with Crippen LogP contribution in [0, 0.1) is 0 Å². The number of esters is 1. The summed E-state index contributed by atoms with van der Waals surface area (Å²) in [6.45, 7) is 9.42. The number of rotatable bonds is 3. The molecule has 0 aromatic carbocycles. The van der Waals surface area contributed by atoms with Crippen molar-refractivity contribution in [2.75, 3.05) is 26.4 Å². The van der Waals surface area contributed by atoms with Crippen LogP contribution in [0.4, 0.5) is 0 Å². The van der Waals surface area contributed by atoms with Crippen LogP contribution in [0.5, 0.6) is 0 Å². The molecule has 2 heterocycles. The molecule has 0 saturated carbocycles. The summed E-state index contributed by atoms with van der Waals surface area (Å²) in [7, 11) is 0. The van der Waals surface area contributed by atoms with Gasteiger partial charge in [-0.1, -0.05) is 0 Å². The monoisotopic (exact) mass is 238 g/mol. The van der Waals surface area contributed by atoms with Gasteiger partial charge in [-0.2, -0.15) is 0 Å². The highest BCUT2D eigenvalue weighted by Gasteiger charge is 2.32. The lowest BCUT2D eigenvalue weighted by atomic mass is 10.1. The third kappa shape index (κ3) is 2.46. The Labute approximate surface area is 103 Å². The van der Waals surface area contributed by atoms with Crippen LogP contribution < -0.4 is 0 Å². The first-order valence-corrected chi connectivity index (χ1v) is 6.51. The lowest BCUT2D eigenvalue weighted by Crippen LogP contribution is -2.46. The molecule has 2 aliphatic heterocycles. The Morgan fingerprint density at radius 1 is 1.47 bits per heavy atom. The molecule has 4 nitrogen and oxygen atoms in total. The number of hydrogen-bond donors (Lipinski definition) is 0. The van der Waals surface area contributed by atoms with E-state index in [9.17, 15) is 4.79 Å². The molecule has 0 amide bonds. The molecule has 0 bridgehead atoms. The van der Waals surface area contributed by atoms with Crippen LogP contribution in [-0.2, 0) is 9.53 Å². The van der Waals surface area contributed by atoms with Gasteiger partial charge in [0.25, 0.3) is 0 Å². The van der Waals surface area contributed by atoms with Crippen LogP contribution in [0.3, 0.4) is 0 Å². The Kier molecular flexibility index (Phi) is 3.72. The fourth-order valence-corrected chi connectivity index (χ4v) is 2.54. The molecule has 0 aromatic rings. The Hall–Kier alpha value is -1.03. The van der Waals surface area contributed by atoms with Crippen LogP contribution in [0.1, 0.15) is 33.6 Å². The fraction of sp³-hybridized carbons (Fsp3) is 0.769. The summed E-state index contributed by atoms with van der Waals surface area (Å²) in [6, 6.07) is 0.460. The van der Waals surface area contributed by atoms with Crippen LogP contribution in [0.15, 0.2) is 11.3 Å². The summed E-state index contributed by atoms with van der Waals surface area (Å²) < 4.78 is 5.17. The number of carbonyl (C=O) groups excluding carboxylic acids is 1. The predicted octanol–water partition coefficient (Wildman–Crippen LogP) is 1.58. The first-order chi connectivity index (χ1) is 8.13. The lowest BCUT2D eigenvalue weighted by molar-refractivity contribution is -0.139. The molecule has 0 atom stereocenters. The van der Waals surface area contributed by atoms with Crippen LogP contribution in [0.2, 0.25) is 0 Å². The molecule has 0 radical (unpaired) electrons. The Morgan fingerprint density at radius 2 is 2.24 bits per heavy atom. The summed E-state index contributed by atoms with van der Waals surface area (Å²) in [5.41, 5.74) is 2.10. The van der Waals surface area contributed by atoms with E-state index in [1.807, 2.05) is 6.92 Å². The van der Waals surface area contributed by atoms with Crippen molar-refractivity contribution in [3.63, 3.8) is 0 Å². The molecule has 96 valence electrons. The molecule has 0 aliphatic carbocycles. The maximum Gasteiger partial charge on any atom is 0.337 e. The zero-order valence-corrected chi connectivity index (χ0v) is 11.0. The minimum atomic E-state index is -0.125. The molecule has 0 N–H and O–H groups in total. The van der Waals surface area contributed by atoms with E-state index in [2.05, 4.69) is 23.6 Å². The van der Waals surface area contributed by atoms with E-state index in [-0.39, 0.29) is 5.97 Å². The van der Waals surface area contributed by atoms with Gasteiger partial charge in [-0.3, -0.25) is 4.90 Å². The zero-order chi connectivity index (χ0) is 12.4. The number of ether oxygens (including phenoxy) is 1. The van der Waals surface area contributed by atoms with Gasteiger partial charge in [0.2, 0.25) is 0 Å². The average molecular weight is 238 g/mol. The van der Waals surface area contributed by atoms with Crippen molar-refractivity contribution in [2.45, 2.75) is 39.7 Å². The van der Waals surface area contributed by atoms with Crippen molar-refractivity contribution in [2.24, 2.45) is 0 Å². The standard InChI is InChI=1S/C13H22N2O2/c1-4-17-13(16)11-8-15(10(2)3)9-14-7-5-6-12(11)14/h10H,4-9H2,1-3H3. The van der Waals surface area contributed by atoms with Gasteiger partial charge < -0.3 is 9.64 Å². The van der Waals surface area contributed by atoms with Gasteiger partial charge in [0.05, 0.1) is 18.8 Å². The molecular weight excluding hydrogens is 216 g/mol. The number of nitrogens with zero attached hydrogens (tertiary/aromatic N) is 2. The second-order valence-electron chi connectivity index (χ2n) is 4.99. The number of carbonyl (C=O) groups is 1. The van der Waals surface area contributed by atoms with E-state index in [0.29, 0.717) is 12.6 Å². The largest absolute Gasteiger partial charge is 0.463 e. The van der Waals surface area contributed by atoms with E-state index in [1.54, 1.807) is 0 Å². The van der Waals surface area contributed by atoms with Crippen LogP contribution >= 0.6 is 0 Å². The number of allylic oxidation sites excluding steroid dienone is 1. The Bertz CT molecular complexity index is 336. The third-order valence-corrected chi connectivity index (χ3v) is 3.54. The normalized spacial score (nSPS) is 21.1. The fourth-order valence-electron chi connectivity index (χ4n) is 2.54. The van der Waals surface area contributed by atoms with Gasteiger partial charge in [-0.05, 0) is 33.6 Å². The summed E-state index contributed by atoms with van der Waals surface area (Å²) in [5, 5.41) is 0. The lowest BCUT2D eigenvalue weighted by Gasteiger charge is -2.38. The van der Waals surface area contributed by atoms with Gasteiger partial charge in [-0.15, -0.1) is 0 Å². The van der Waals surface area contributed by atoms with Gasteiger partial charge in [0.15, 0.2) is 0 Å². The molecule has 17 heavy (non-hydrogen) atoms. The molecule has 0 aromatic heterocycles. The number of fused-ring (bicyclic) bond motifs is 1. The first-order valence-electron chi connectivity index (χ1n) is 6.51. The molecule has 1 saturated heterocycles. The topological polar surface area (TPSA) is 32.8 Å². The molecule has 2 rings (SSSR count). The van der Waals surface area contributed by atoms with Crippen LogP contribution in [-0.4, -0.2) is 48.2 Å². The Morgan fingerprint density at radius 3 is 2.88 bits per heavy atom.